The largest absolute Gasteiger partial charge is 0.454 e. The van der Waals surface area contributed by atoms with E-state index in [1.807, 2.05) is 0 Å². The first kappa shape index (κ1) is 19.9. The lowest BCUT2D eigenvalue weighted by Gasteiger charge is -2.09. The number of anilines is 1. The van der Waals surface area contributed by atoms with E-state index in [9.17, 15) is 28.0 Å². The average molecular weight is 407 g/mol. The van der Waals surface area contributed by atoms with Crippen molar-refractivity contribution in [2.45, 2.75) is 6.54 Å². The second-order valence-corrected chi connectivity index (χ2v) is 6.08. The molecule has 0 aliphatic heterocycles. The first-order valence-electron chi connectivity index (χ1n) is 8.20. The minimum atomic E-state index is -0.880. The molecule has 1 aromatic carbocycles. The van der Waals surface area contributed by atoms with Crippen molar-refractivity contribution in [3.05, 3.63) is 57.0 Å². The van der Waals surface area contributed by atoms with Crippen LogP contribution in [0.15, 0.2) is 34.1 Å². The molecule has 152 valence electrons. The van der Waals surface area contributed by atoms with Crippen LogP contribution in [0, 0.1) is 11.6 Å². The maximum atomic E-state index is 13.5. The van der Waals surface area contributed by atoms with Crippen molar-refractivity contribution in [2.75, 3.05) is 11.9 Å². The average Bonchev–Trinajstić information content (AvgIpc) is 3.09. The van der Waals surface area contributed by atoms with Crippen molar-refractivity contribution in [3.8, 4) is 0 Å². The van der Waals surface area contributed by atoms with Crippen molar-refractivity contribution < 1.29 is 23.1 Å². The van der Waals surface area contributed by atoms with E-state index < -0.39 is 53.6 Å². The van der Waals surface area contributed by atoms with Gasteiger partial charge in [-0.2, -0.15) is 0 Å². The van der Waals surface area contributed by atoms with Crippen molar-refractivity contribution in [3.63, 3.8) is 0 Å². The van der Waals surface area contributed by atoms with E-state index in [0.29, 0.717) is 0 Å². The second-order valence-electron chi connectivity index (χ2n) is 6.08. The molecule has 12 heteroatoms. The summed E-state index contributed by atoms with van der Waals surface area (Å²) in [4.78, 5) is 52.0. The molecule has 0 aliphatic rings. The molecular formula is C17H15F2N5O5. The van der Waals surface area contributed by atoms with Crippen LogP contribution in [-0.4, -0.2) is 37.2 Å². The molecule has 3 rings (SSSR count). The van der Waals surface area contributed by atoms with Gasteiger partial charge in [-0.1, -0.05) is 0 Å². The summed E-state index contributed by atoms with van der Waals surface area (Å²) < 4.78 is 34.6. The van der Waals surface area contributed by atoms with E-state index in [4.69, 9.17) is 4.74 Å². The number of benzene rings is 1. The van der Waals surface area contributed by atoms with E-state index in [1.165, 1.54) is 25.0 Å². The summed E-state index contributed by atoms with van der Waals surface area (Å²) in [5.41, 5.74) is -1.51. The van der Waals surface area contributed by atoms with Gasteiger partial charge in [-0.15, -0.1) is 0 Å². The van der Waals surface area contributed by atoms with Crippen LogP contribution in [0.5, 0.6) is 0 Å². The highest BCUT2D eigenvalue weighted by atomic mass is 19.1. The molecule has 1 N–H and O–H groups in total. The molecule has 29 heavy (non-hydrogen) atoms. The van der Waals surface area contributed by atoms with Gasteiger partial charge in [0.15, 0.2) is 17.8 Å². The summed E-state index contributed by atoms with van der Waals surface area (Å²) in [6.07, 6.45) is 1.19. The van der Waals surface area contributed by atoms with Gasteiger partial charge < -0.3 is 14.6 Å². The first-order valence-corrected chi connectivity index (χ1v) is 8.20. The molecule has 3 aromatic rings. The number of hydrogen-bond acceptors (Lipinski definition) is 6. The lowest BCUT2D eigenvalue weighted by Crippen LogP contribution is -2.37. The zero-order valence-corrected chi connectivity index (χ0v) is 15.3. The number of nitrogens with one attached hydrogen (secondary N) is 1. The van der Waals surface area contributed by atoms with Gasteiger partial charge in [-0.3, -0.25) is 23.5 Å². The summed E-state index contributed by atoms with van der Waals surface area (Å²) >= 11 is 0. The Morgan fingerprint density at radius 2 is 1.90 bits per heavy atom. The van der Waals surface area contributed by atoms with Gasteiger partial charge in [-0.05, 0) is 12.1 Å². The third-order valence-corrected chi connectivity index (χ3v) is 4.08. The summed E-state index contributed by atoms with van der Waals surface area (Å²) in [7, 11) is 2.71. The van der Waals surface area contributed by atoms with Crippen LogP contribution in [0.2, 0.25) is 0 Å². The van der Waals surface area contributed by atoms with E-state index in [2.05, 4.69) is 10.3 Å². The molecule has 0 unspecified atom stereocenters. The number of carbonyl (C=O) groups excluding carboxylic acids is 2. The van der Waals surface area contributed by atoms with Crippen LogP contribution in [0.1, 0.15) is 0 Å². The number of fused-ring (bicyclic) bond motifs is 1. The van der Waals surface area contributed by atoms with Gasteiger partial charge in [0, 0.05) is 20.2 Å². The smallest absolute Gasteiger partial charge is 0.332 e. The van der Waals surface area contributed by atoms with Crippen LogP contribution in [0.3, 0.4) is 0 Å². The molecule has 2 heterocycles. The minimum Gasteiger partial charge on any atom is -0.454 e. The van der Waals surface area contributed by atoms with E-state index >= 15 is 0 Å². The van der Waals surface area contributed by atoms with Gasteiger partial charge in [0.25, 0.3) is 11.5 Å². The molecule has 0 aliphatic carbocycles. The molecule has 0 radical (unpaired) electrons. The Morgan fingerprint density at radius 3 is 2.62 bits per heavy atom. The fourth-order valence-electron chi connectivity index (χ4n) is 2.63. The highest BCUT2D eigenvalue weighted by molar-refractivity contribution is 5.93. The molecule has 0 saturated carbocycles. The van der Waals surface area contributed by atoms with Crippen molar-refractivity contribution in [2.24, 2.45) is 14.1 Å². The molecule has 0 bridgehead atoms. The number of aromatic nitrogens is 4. The number of esters is 1. The Bertz CT molecular complexity index is 1240. The summed E-state index contributed by atoms with van der Waals surface area (Å²) in [5, 5.41) is 2.08. The number of imidazole rings is 1. The Hall–Kier alpha value is -3.83. The SMILES string of the molecule is Cn1c(=O)c2c(ncn2CC(=O)OCC(=O)Nc2cc(F)ccc2F)n(C)c1=O. The zero-order valence-electron chi connectivity index (χ0n) is 15.3. The zero-order chi connectivity index (χ0) is 21.3. The van der Waals surface area contributed by atoms with Crippen LogP contribution >= 0.6 is 0 Å². The third kappa shape index (κ3) is 3.90. The van der Waals surface area contributed by atoms with E-state index in [-0.39, 0.29) is 11.2 Å². The monoisotopic (exact) mass is 407 g/mol. The number of halogens is 2. The summed E-state index contributed by atoms with van der Waals surface area (Å²) in [6.45, 7) is -1.20. The maximum Gasteiger partial charge on any atom is 0.332 e. The predicted octanol–water partition coefficient (Wildman–Crippen LogP) is -0.106. The van der Waals surface area contributed by atoms with Crippen molar-refractivity contribution >= 4 is 28.7 Å². The normalized spacial score (nSPS) is 10.9. The van der Waals surface area contributed by atoms with Gasteiger partial charge >= 0.3 is 11.7 Å². The third-order valence-electron chi connectivity index (χ3n) is 4.08. The Kier molecular flexibility index (Phi) is 5.26. The van der Waals surface area contributed by atoms with Gasteiger partial charge in [-0.25, -0.2) is 18.6 Å². The predicted molar refractivity (Wildman–Crippen MR) is 96.2 cm³/mol. The highest BCUT2D eigenvalue weighted by Gasteiger charge is 2.17. The molecule has 2 aromatic heterocycles. The number of aryl methyl sites for hydroxylation is 1. The standard InChI is InChI=1S/C17H15F2N5O5/c1-22-15-14(16(27)23(2)17(22)28)24(8-20-15)6-13(26)29-7-12(25)21-11-5-9(18)3-4-10(11)19/h3-5,8H,6-7H2,1-2H3,(H,21,25). The number of amides is 1. The highest BCUT2D eigenvalue weighted by Crippen LogP contribution is 2.15. The quantitative estimate of drug-likeness (QED) is 0.590. The lowest BCUT2D eigenvalue weighted by atomic mass is 10.3. The number of nitrogens with zero attached hydrogens (tertiary/aromatic N) is 4. The van der Waals surface area contributed by atoms with Crippen LogP contribution in [-0.2, 0) is 35.0 Å². The Morgan fingerprint density at radius 1 is 1.17 bits per heavy atom. The summed E-state index contributed by atoms with van der Waals surface area (Å²) in [5.74, 6) is -3.36. The number of hydrogen-bond donors (Lipinski definition) is 1. The molecule has 0 saturated heterocycles. The number of rotatable bonds is 5. The molecule has 0 atom stereocenters. The Balaban J connectivity index is 1.69. The second kappa shape index (κ2) is 7.66. The van der Waals surface area contributed by atoms with Gasteiger partial charge in [0.2, 0.25) is 0 Å². The maximum absolute atomic E-state index is 13.5. The van der Waals surface area contributed by atoms with E-state index in [1.54, 1.807) is 0 Å². The fourth-order valence-corrected chi connectivity index (χ4v) is 2.63. The molecule has 1 amide bonds. The van der Waals surface area contributed by atoms with Gasteiger partial charge in [0.05, 0.1) is 12.0 Å². The Labute approximate surface area is 160 Å². The number of carbonyl (C=O) groups is 2. The molecule has 0 fully saturated rings. The molecule has 10 nitrogen and oxygen atoms in total. The van der Waals surface area contributed by atoms with Crippen molar-refractivity contribution in [1.29, 1.82) is 0 Å². The topological polar surface area (TPSA) is 117 Å². The molecule has 0 spiro atoms. The fraction of sp³-hybridized carbons (Fsp3) is 0.235. The minimum absolute atomic E-state index is 0.0119. The van der Waals surface area contributed by atoms with Crippen LogP contribution in [0.25, 0.3) is 11.2 Å². The van der Waals surface area contributed by atoms with E-state index in [0.717, 1.165) is 27.3 Å². The van der Waals surface area contributed by atoms with Crippen LogP contribution in [0.4, 0.5) is 14.5 Å². The number of ether oxygens (including phenoxy) is 1. The van der Waals surface area contributed by atoms with Crippen molar-refractivity contribution in [1.82, 2.24) is 18.7 Å². The summed E-state index contributed by atoms with van der Waals surface area (Å²) in [6, 6.07) is 2.52. The van der Waals surface area contributed by atoms with Crippen LogP contribution < -0.4 is 16.6 Å². The lowest BCUT2D eigenvalue weighted by molar-refractivity contribution is -0.147. The molecular weight excluding hydrogens is 392 g/mol. The van der Waals surface area contributed by atoms with Gasteiger partial charge in [0.1, 0.15) is 18.2 Å². The first-order chi connectivity index (χ1) is 13.7.